The Bertz CT molecular complexity index is 848. The summed E-state index contributed by atoms with van der Waals surface area (Å²) in [6, 6.07) is 10.2. The number of anilines is 1. The summed E-state index contributed by atoms with van der Waals surface area (Å²) in [4.78, 5) is 10.7. The topological polar surface area (TPSA) is 58.9 Å². The molecule has 4 rings (SSSR count). The zero-order chi connectivity index (χ0) is 17.1. The van der Waals surface area contributed by atoms with Crippen LogP contribution < -0.4 is 5.32 Å². The van der Waals surface area contributed by atoms with Crippen LogP contribution in [0.3, 0.4) is 0 Å². The second-order valence-electron chi connectivity index (χ2n) is 6.13. The molecule has 0 aliphatic carbocycles. The highest BCUT2D eigenvalue weighted by atomic mass is 35.5. The first-order chi connectivity index (χ1) is 12.3. The molecule has 0 saturated heterocycles. The quantitative estimate of drug-likeness (QED) is 0.763. The summed E-state index contributed by atoms with van der Waals surface area (Å²) in [6.45, 7) is 4.33. The number of fused-ring (bicyclic) bond motifs is 1. The average molecular weight is 355 g/mol. The molecule has 3 aromatic rings. The Morgan fingerprint density at radius 1 is 1.16 bits per heavy atom. The smallest absolute Gasteiger partial charge is 0.144 e. The fraction of sp³-hybridized carbons (Fsp3) is 0.278. The fourth-order valence-electron chi connectivity index (χ4n) is 3.07. The lowest BCUT2D eigenvalue weighted by Gasteiger charge is -2.27. The Morgan fingerprint density at radius 2 is 2.12 bits per heavy atom. The molecular formula is C18H19ClN6. The van der Waals surface area contributed by atoms with Gasteiger partial charge in [0, 0.05) is 37.1 Å². The van der Waals surface area contributed by atoms with Crippen molar-refractivity contribution in [2.45, 2.75) is 26.2 Å². The van der Waals surface area contributed by atoms with Crippen molar-refractivity contribution in [3.05, 3.63) is 70.9 Å². The van der Waals surface area contributed by atoms with Crippen molar-refractivity contribution in [2.75, 3.05) is 11.9 Å². The molecule has 1 N–H and O–H groups in total. The number of nitrogens with one attached hydrogen (secondary N) is 1. The van der Waals surface area contributed by atoms with Gasteiger partial charge < -0.3 is 5.32 Å². The summed E-state index contributed by atoms with van der Waals surface area (Å²) >= 11 is 6.08. The van der Waals surface area contributed by atoms with Crippen LogP contribution in [0.2, 0.25) is 5.02 Å². The van der Waals surface area contributed by atoms with Crippen LogP contribution in [0, 0.1) is 0 Å². The van der Waals surface area contributed by atoms with Crippen LogP contribution >= 0.6 is 11.6 Å². The first-order valence-corrected chi connectivity index (χ1v) is 8.66. The van der Waals surface area contributed by atoms with Crippen LogP contribution in [0.1, 0.15) is 17.0 Å². The predicted molar refractivity (Wildman–Crippen MR) is 97.2 cm³/mol. The van der Waals surface area contributed by atoms with Crippen molar-refractivity contribution in [2.24, 2.45) is 0 Å². The summed E-state index contributed by atoms with van der Waals surface area (Å²) in [6.07, 6.45) is 5.05. The molecule has 0 amide bonds. The first-order valence-electron chi connectivity index (χ1n) is 8.28. The third kappa shape index (κ3) is 3.97. The number of rotatable bonds is 5. The van der Waals surface area contributed by atoms with Crippen LogP contribution in [0.5, 0.6) is 0 Å². The van der Waals surface area contributed by atoms with E-state index in [0.717, 1.165) is 42.7 Å². The van der Waals surface area contributed by atoms with Gasteiger partial charge >= 0.3 is 0 Å². The van der Waals surface area contributed by atoms with E-state index >= 15 is 0 Å². The van der Waals surface area contributed by atoms with Gasteiger partial charge in [0.15, 0.2) is 0 Å². The molecule has 25 heavy (non-hydrogen) atoms. The van der Waals surface area contributed by atoms with E-state index in [1.54, 1.807) is 18.6 Å². The summed E-state index contributed by atoms with van der Waals surface area (Å²) in [7, 11) is 0. The van der Waals surface area contributed by atoms with Gasteiger partial charge in [0.25, 0.3) is 0 Å². The van der Waals surface area contributed by atoms with Crippen LogP contribution in [0.25, 0.3) is 0 Å². The molecule has 0 fully saturated rings. The van der Waals surface area contributed by atoms with Gasteiger partial charge in [0.05, 0.1) is 30.7 Å². The molecule has 0 atom stereocenters. The highest BCUT2D eigenvalue weighted by Crippen LogP contribution is 2.18. The monoisotopic (exact) mass is 354 g/mol. The molecule has 1 aliphatic heterocycles. The van der Waals surface area contributed by atoms with E-state index in [4.69, 9.17) is 11.6 Å². The molecule has 0 spiro atoms. The lowest BCUT2D eigenvalue weighted by atomic mass is 10.2. The standard InChI is InChI=1S/C18H19ClN6/c19-15-3-1-2-14(8-15)12-24-6-7-25-17(13-24)9-16(23-25)10-22-18-11-20-4-5-21-18/h1-5,8-9,11H,6-7,10,12-13H2,(H,21,22). The zero-order valence-corrected chi connectivity index (χ0v) is 14.5. The highest BCUT2D eigenvalue weighted by molar-refractivity contribution is 6.30. The molecule has 0 unspecified atom stereocenters. The number of aromatic nitrogens is 4. The van der Waals surface area contributed by atoms with Crippen LogP contribution in [-0.2, 0) is 26.2 Å². The Morgan fingerprint density at radius 3 is 2.96 bits per heavy atom. The Hall–Kier alpha value is -2.44. The molecule has 6 nitrogen and oxygen atoms in total. The first kappa shape index (κ1) is 16.1. The molecule has 0 radical (unpaired) electrons. The maximum atomic E-state index is 6.08. The largest absolute Gasteiger partial charge is 0.363 e. The SMILES string of the molecule is Clc1cccc(CN2CCn3nc(CNc4cnccn4)cc3C2)c1. The summed E-state index contributed by atoms with van der Waals surface area (Å²) in [5.74, 6) is 0.760. The van der Waals surface area contributed by atoms with E-state index in [9.17, 15) is 0 Å². The van der Waals surface area contributed by atoms with E-state index in [2.05, 4.69) is 42.1 Å². The minimum absolute atomic E-state index is 0.646. The lowest BCUT2D eigenvalue weighted by molar-refractivity contribution is 0.205. The van der Waals surface area contributed by atoms with E-state index in [-0.39, 0.29) is 0 Å². The number of hydrogen-bond donors (Lipinski definition) is 1. The third-order valence-corrected chi connectivity index (χ3v) is 4.47. The normalized spacial score (nSPS) is 14.3. The van der Waals surface area contributed by atoms with Crippen molar-refractivity contribution in [3.63, 3.8) is 0 Å². The fourth-order valence-corrected chi connectivity index (χ4v) is 3.28. The van der Waals surface area contributed by atoms with Gasteiger partial charge in [-0.25, -0.2) is 4.98 Å². The maximum absolute atomic E-state index is 6.08. The third-order valence-electron chi connectivity index (χ3n) is 4.24. The van der Waals surface area contributed by atoms with Gasteiger partial charge in [-0.1, -0.05) is 23.7 Å². The average Bonchev–Trinajstić information content (AvgIpc) is 3.03. The van der Waals surface area contributed by atoms with Crippen LogP contribution in [-0.4, -0.2) is 31.2 Å². The second kappa shape index (κ2) is 7.21. The molecular weight excluding hydrogens is 336 g/mol. The number of hydrogen-bond acceptors (Lipinski definition) is 5. The molecule has 1 aromatic carbocycles. The Labute approximate surface area is 151 Å². The number of nitrogens with zero attached hydrogens (tertiary/aromatic N) is 5. The summed E-state index contributed by atoms with van der Waals surface area (Å²) in [5.41, 5.74) is 3.50. The summed E-state index contributed by atoms with van der Waals surface area (Å²) < 4.78 is 2.10. The van der Waals surface area contributed by atoms with Crippen molar-refractivity contribution in [1.29, 1.82) is 0 Å². The van der Waals surface area contributed by atoms with E-state index < -0.39 is 0 Å². The molecule has 2 aromatic heterocycles. The number of benzene rings is 1. The van der Waals surface area contributed by atoms with E-state index in [0.29, 0.717) is 6.54 Å². The minimum Gasteiger partial charge on any atom is -0.363 e. The predicted octanol–water partition coefficient (Wildman–Crippen LogP) is 2.95. The second-order valence-corrected chi connectivity index (χ2v) is 6.57. The summed E-state index contributed by atoms with van der Waals surface area (Å²) in [5, 5.41) is 8.72. The van der Waals surface area contributed by atoms with Crippen LogP contribution in [0.15, 0.2) is 48.9 Å². The van der Waals surface area contributed by atoms with Gasteiger partial charge in [0.2, 0.25) is 0 Å². The van der Waals surface area contributed by atoms with E-state index in [1.165, 1.54) is 11.3 Å². The minimum atomic E-state index is 0.646. The molecule has 3 heterocycles. The molecule has 0 bridgehead atoms. The zero-order valence-electron chi connectivity index (χ0n) is 13.8. The number of halogens is 1. The van der Waals surface area contributed by atoms with E-state index in [1.807, 2.05) is 18.2 Å². The molecule has 1 aliphatic rings. The molecule has 7 heteroatoms. The molecule has 128 valence electrons. The Balaban J connectivity index is 1.39. The van der Waals surface area contributed by atoms with Crippen molar-refractivity contribution in [3.8, 4) is 0 Å². The van der Waals surface area contributed by atoms with Crippen molar-refractivity contribution >= 4 is 17.4 Å². The van der Waals surface area contributed by atoms with Crippen LogP contribution in [0.4, 0.5) is 5.82 Å². The van der Waals surface area contributed by atoms with Gasteiger partial charge in [-0.05, 0) is 23.8 Å². The van der Waals surface area contributed by atoms with Gasteiger partial charge in [-0.15, -0.1) is 0 Å². The van der Waals surface area contributed by atoms with Gasteiger partial charge in [-0.3, -0.25) is 14.6 Å². The van der Waals surface area contributed by atoms with Crippen molar-refractivity contribution < 1.29 is 0 Å². The highest BCUT2D eigenvalue weighted by Gasteiger charge is 2.18. The Kier molecular flexibility index (Phi) is 4.63. The van der Waals surface area contributed by atoms with Gasteiger partial charge in [-0.2, -0.15) is 5.10 Å². The molecule has 0 saturated carbocycles. The van der Waals surface area contributed by atoms with Crippen molar-refractivity contribution in [1.82, 2.24) is 24.6 Å². The maximum Gasteiger partial charge on any atom is 0.144 e. The lowest BCUT2D eigenvalue weighted by Crippen LogP contribution is -2.33. The van der Waals surface area contributed by atoms with Gasteiger partial charge in [0.1, 0.15) is 5.82 Å².